The summed E-state index contributed by atoms with van der Waals surface area (Å²) in [6.45, 7) is 7.47. The Labute approximate surface area is 210 Å². The molecule has 2 saturated carbocycles. The first-order valence-electron chi connectivity index (χ1n) is 12.6. The first-order chi connectivity index (χ1) is 17.0. The third-order valence-corrected chi connectivity index (χ3v) is 9.08. The van der Waals surface area contributed by atoms with Gasteiger partial charge in [0.2, 0.25) is 0 Å². The number of hydrogen-bond acceptors (Lipinski definition) is 10. The average molecular weight is 511 g/mol. The Balaban J connectivity index is 1.57. The molecule has 0 aromatic rings. The molecule has 4 aliphatic rings. The molecule has 0 aromatic carbocycles. The van der Waals surface area contributed by atoms with Crippen LogP contribution in [0, 0.1) is 22.7 Å². The second-order valence-electron chi connectivity index (χ2n) is 11.2. The van der Waals surface area contributed by atoms with Crippen LogP contribution in [-0.4, -0.2) is 93.9 Å². The van der Waals surface area contributed by atoms with Gasteiger partial charge in [0.05, 0.1) is 19.3 Å². The van der Waals surface area contributed by atoms with Gasteiger partial charge in [-0.05, 0) is 43.1 Å². The lowest BCUT2D eigenvalue weighted by atomic mass is 9.46. The SMILES string of the molecule is C=C1CCC2C(C)(CO)C(OC3OC(CO)C(O)C(O)C3O)CCC2(C)C1C(=O)CC1=CCOC1=O. The Kier molecular flexibility index (Phi) is 7.79. The molecule has 3 fully saturated rings. The number of allylic oxidation sites excluding steroid dienone is 1. The number of ketones is 1. The van der Waals surface area contributed by atoms with E-state index in [0.29, 0.717) is 31.3 Å². The van der Waals surface area contributed by atoms with Crippen molar-refractivity contribution in [1.29, 1.82) is 0 Å². The van der Waals surface area contributed by atoms with Crippen LogP contribution in [0.25, 0.3) is 0 Å². The van der Waals surface area contributed by atoms with Gasteiger partial charge in [-0.3, -0.25) is 4.79 Å². The van der Waals surface area contributed by atoms with Gasteiger partial charge in [0.15, 0.2) is 6.29 Å². The van der Waals surface area contributed by atoms with Gasteiger partial charge in [-0.2, -0.15) is 0 Å². The highest BCUT2D eigenvalue weighted by atomic mass is 16.7. The maximum absolute atomic E-state index is 13.5. The van der Waals surface area contributed by atoms with Gasteiger partial charge < -0.3 is 39.7 Å². The number of hydrogen-bond donors (Lipinski definition) is 5. The Hall–Kier alpha value is -1.66. The van der Waals surface area contributed by atoms with Crippen LogP contribution in [0.15, 0.2) is 23.8 Å². The lowest BCUT2D eigenvalue weighted by Gasteiger charge is -2.60. The van der Waals surface area contributed by atoms with E-state index in [0.717, 1.165) is 5.57 Å². The highest BCUT2D eigenvalue weighted by Crippen LogP contribution is 2.62. The van der Waals surface area contributed by atoms with Gasteiger partial charge in [0, 0.05) is 23.3 Å². The smallest absolute Gasteiger partial charge is 0.334 e. The fourth-order valence-corrected chi connectivity index (χ4v) is 7.07. The van der Waals surface area contributed by atoms with Gasteiger partial charge in [-0.25, -0.2) is 4.79 Å². The summed E-state index contributed by atoms with van der Waals surface area (Å²) in [7, 11) is 0. The van der Waals surface area contributed by atoms with E-state index in [1.54, 1.807) is 6.08 Å². The maximum Gasteiger partial charge on any atom is 0.334 e. The average Bonchev–Trinajstić information content (AvgIpc) is 3.24. The predicted molar refractivity (Wildman–Crippen MR) is 125 cm³/mol. The largest absolute Gasteiger partial charge is 0.458 e. The second kappa shape index (κ2) is 10.2. The topological polar surface area (TPSA) is 163 Å². The van der Waals surface area contributed by atoms with Crippen molar-refractivity contribution in [3.05, 3.63) is 23.8 Å². The number of aliphatic hydroxyl groups excluding tert-OH is 5. The molecule has 0 amide bonds. The number of rotatable bonds is 7. The van der Waals surface area contributed by atoms with Crippen LogP contribution < -0.4 is 0 Å². The first-order valence-corrected chi connectivity index (χ1v) is 12.6. The Morgan fingerprint density at radius 1 is 1.17 bits per heavy atom. The quantitative estimate of drug-likeness (QED) is 0.179. The molecule has 0 bridgehead atoms. The van der Waals surface area contributed by atoms with Crippen molar-refractivity contribution in [2.75, 3.05) is 19.8 Å². The minimum Gasteiger partial charge on any atom is -0.458 e. The molecule has 5 N–H and O–H groups in total. The normalized spacial score (nSPS) is 45.1. The summed E-state index contributed by atoms with van der Waals surface area (Å²) in [5.41, 5.74) is -0.180. The number of Topliss-reactive ketones (excluding diaryl/α,β-unsaturated/α-hetero) is 1. The highest BCUT2D eigenvalue weighted by molar-refractivity contribution is 5.98. The fraction of sp³-hybridized carbons (Fsp3) is 0.769. The van der Waals surface area contributed by atoms with Crippen molar-refractivity contribution < 1.29 is 49.3 Å². The van der Waals surface area contributed by atoms with E-state index in [1.807, 2.05) is 13.8 Å². The van der Waals surface area contributed by atoms with Crippen LogP contribution in [0.3, 0.4) is 0 Å². The van der Waals surface area contributed by atoms with Gasteiger partial charge >= 0.3 is 5.97 Å². The number of carbonyl (C=O) groups is 2. The van der Waals surface area contributed by atoms with Crippen molar-refractivity contribution in [2.45, 2.75) is 82.8 Å². The highest BCUT2D eigenvalue weighted by Gasteiger charge is 2.60. The number of fused-ring (bicyclic) bond motifs is 1. The number of cyclic esters (lactones) is 1. The molecule has 1 saturated heterocycles. The van der Waals surface area contributed by atoms with Crippen LogP contribution >= 0.6 is 0 Å². The van der Waals surface area contributed by atoms with Crippen LogP contribution in [0.4, 0.5) is 0 Å². The molecule has 10 heteroatoms. The minimum absolute atomic E-state index is 0.0224. The van der Waals surface area contributed by atoms with Crippen molar-refractivity contribution in [3.63, 3.8) is 0 Å². The molecule has 0 radical (unpaired) electrons. The Morgan fingerprint density at radius 2 is 1.89 bits per heavy atom. The number of aliphatic hydroxyl groups is 5. The molecule has 10 unspecified atom stereocenters. The number of esters is 1. The predicted octanol–water partition coefficient (Wildman–Crippen LogP) is -0.00500. The van der Waals surface area contributed by atoms with E-state index >= 15 is 0 Å². The molecular formula is C26H38O10. The second-order valence-corrected chi connectivity index (χ2v) is 11.2. The monoisotopic (exact) mass is 510 g/mol. The summed E-state index contributed by atoms with van der Waals surface area (Å²) in [5.74, 6) is -1.21. The Bertz CT molecular complexity index is 914. The Morgan fingerprint density at radius 3 is 2.50 bits per heavy atom. The fourth-order valence-electron chi connectivity index (χ4n) is 7.07. The van der Waals surface area contributed by atoms with Gasteiger partial charge in [0.25, 0.3) is 0 Å². The van der Waals surface area contributed by atoms with E-state index in [-0.39, 0.29) is 31.3 Å². The minimum atomic E-state index is -1.56. The lowest BCUT2D eigenvalue weighted by Crippen LogP contribution is -2.63. The van der Waals surface area contributed by atoms with Crippen LogP contribution in [0.1, 0.15) is 46.0 Å². The van der Waals surface area contributed by atoms with Gasteiger partial charge in [0.1, 0.15) is 36.8 Å². The summed E-state index contributed by atoms with van der Waals surface area (Å²) in [6.07, 6.45) is -3.72. The van der Waals surface area contributed by atoms with Gasteiger partial charge in [-0.15, -0.1) is 0 Å². The van der Waals surface area contributed by atoms with E-state index < -0.39 is 66.1 Å². The molecule has 4 rings (SSSR count). The third-order valence-electron chi connectivity index (χ3n) is 9.08. The van der Waals surface area contributed by atoms with E-state index in [9.17, 15) is 35.1 Å². The molecule has 0 aromatic heterocycles. The molecule has 2 heterocycles. The summed E-state index contributed by atoms with van der Waals surface area (Å²) in [6, 6.07) is 0. The maximum atomic E-state index is 13.5. The van der Waals surface area contributed by atoms with E-state index in [2.05, 4.69) is 6.58 Å². The molecule has 36 heavy (non-hydrogen) atoms. The molecule has 2 aliphatic carbocycles. The number of ether oxygens (including phenoxy) is 3. The number of carbonyl (C=O) groups excluding carboxylic acids is 2. The zero-order valence-corrected chi connectivity index (χ0v) is 20.8. The van der Waals surface area contributed by atoms with Crippen LogP contribution in [0.2, 0.25) is 0 Å². The van der Waals surface area contributed by atoms with Crippen LogP contribution in [-0.2, 0) is 23.8 Å². The summed E-state index contributed by atoms with van der Waals surface area (Å²) in [5, 5.41) is 50.9. The lowest BCUT2D eigenvalue weighted by molar-refractivity contribution is -0.329. The van der Waals surface area contributed by atoms with Crippen molar-refractivity contribution in [2.24, 2.45) is 22.7 Å². The zero-order chi connectivity index (χ0) is 26.4. The molecule has 10 nitrogen and oxygen atoms in total. The first kappa shape index (κ1) is 27.4. The third kappa shape index (κ3) is 4.47. The van der Waals surface area contributed by atoms with Crippen molar-refractivity contribution in [1.82, 2.24) is 0 Å². The summed E-state index contributed by atoms with van der Waals surface area (Å²) in [4.78, 5) is 25.5. The van der Waals surface area contributed by atoms with Crippen molar-refractivity contribution in [3.8, 4) is 0 Å². The summed E-state index contributed by atoms with van der Waals surface area (Å²) >= 11 is 0. The molecule has 202 valence electrons. The molecular weight excluding hydrogens is 472 g/mol. The molecule has 2 aliphatic heterocycles. The standard InChI is InChI=1S/C26H38O10/c1-13-4-5-17-25(2,19(13)15(29)10-14-7-9-34-23(14)33)8-6-18(26(17,3)12-28)36-24-22(32)21(31)20(30)16(11-27)35-24/h7,16-22,24,27-28,30-32H,1,4-6,8-12H2,2-3H3. The van der Waals surface area contributed by atoms with E-state index in [4.69, 9.17) is 14.2 Å². The van der Waals surface area contributed by atoms with Crippen molar-refractivity contribution >= 4 is 11.8 Å². The molecule has 0 spiro atoms. The zero-order valence-electron chi connectivity index (χ0n) is 20.8. The van der Waals surface area contributed by atoms with E-state index in [1.165, 1.54) is 0 Å². The molecule has 10 atom stereocenters. The summed E-state index contributed by atoms with van der Waals surface area (Å²) < 4.78 is 16.7. The van der Waals surface area contributed by atoms with Gasteiger partial charge in [-0.1, -0.05) is 26.0 Å². The van der Waals surface area contributed by atoms with Crippen LogP contribution in [0.5, 0.6) is 0 Å².